The number of nitrogens with zero attached hydrogens (tertiary/aromatic N) is 4. The molecule has 4 fully saturated rings. The van der Waals surface area contributed by atoms with Crippen molar-refractivity contribution in [1.82, 2.24) is 19.6 Å². The van der Waals surface area contributed by atoms with Crippen LogP contribution in [0.25, 0.3) is 0 Å². The first kappa shape index (κ1) is 31.2. The second-order valence-electron chi connectivity index (χ2n) is 13.5. The molecule has 2 atom stereocenters. The fourth-order valence-corrected chi connectivity index (χ4v) is 7.94. The Kier molecular flexibility index (Phi) is 13.8. The van der Waals surface area contributed by atoms with E-state index in [1.165, 1.54) is 142 Å². The maximum Gasteiger partial charge on any atom is 0.236 e. The second-order valence-corrected chi connectivity index (χ2v) is 13.5. The maximum atomic E-state index is 12.5. The lowest BCUT2D eigenvalue weighted by molar-refractivity contribution is -0.124. The number of hydrogen-bond donors (Lipinski definition) is 2. The minimum Gasteiger partial charge on any atom is -0.368 e. The average molecular weight is 547 g/mol. The number of amides is 1. The van der Waals surface area contributed by atoms with Gasteiger partial charge in [0.05, 0.1) is 0 Å². The number of piperidine rings is 4. The van der Waals surface area contributed by atoms with Gasteiger partial charge in [-0.15, -0.1) is 0 Å². The fraction of sp³-hybridized carbons (Fsp3) is 0.969. The number of rotatable bonds is 15. The van der Waals surface area contributed by atoms with Crippen LogP contribution in [0.2, 0.25) is 0 Å². The number of hydrogen-bond acceptors (Lipinski definition) is 6. The van der Waals surface area contributed by atoms with Crippen LogP contribution in [-0.2, 0) is 4.79 Å². The summed E-state index contributed by atoms with van der Waals surface area (Å²) in [5, 5.41) is 0. The van der Waals surface area contributed by atoms with Crippen LogP contribution in [0, 0.1) is 11.8 Å². The highest BCUT2D eigenvalue weighted by Crippen LogP contribution is 2.26. The lowest BCUT2D eigenvalue weighted by atomic mass is 9.89. The molecular formula is C32H62N6O. The molecule has 0 saturated carbocycles. The van der Waals surface area contributed by atoms with Crippen molar-refractivity contribution in [2.45, 2.75) is 115 Å². The number of primary amides is 1. The Morgan fingerprint density at radius 3 is 1.54 bits per heavy atom. The van der Waals surface area contributed by atoms with Gasteiger partial charge in [0, 0.05) is 12.6 Å². The summed E-state index contributed by atoms with van der Waals surface area (Å²) in [6.45, 7) is 12.8. The SMILES string of the molecule is NC(=O)C(C(N)CN1CCC(CCCCN2CCCCC2)CC1)N1CCC(CCCCN2CCCCC2)CC1. The van der Waals surface area contributed by atoms with Crippen LogP contribution in [0.4, 0.5) is 0 Å². The molecule has 0 bridgehead atoms. The van der Waals surface area contributed by atoms with Gasteiger partial charge in [-0.05, 0) is 141 Å². The van der Waals surface area contributed by atoms with Crippen molar-refractivity contribution in [2.75, 3.05) is 72.0 Å². The maximum absolute atomic E-state index is 12.5. The van der Waals surface area contributed by atoms with Crippen molar-refractivity contribution in [3.63, 3.8) is 0 Å². The molecule has 0 aromatic carbocycles. The number of unbranched alkanes of at least 4 members (excludes halogenated alkanes) is 2. The summed E-state index contributed by atoms with van der Waals surface area (Å²) >= 11 is 0. The van der Waals surface area contributed by atoms with Crippen molar-refractivity contribution >= 4 is 5.91 Å². The van der Waals surface area contributed by atoms with Crippen LogP contribution in [-0.4, -0.2) is 110 Å². The first-order valence-electron chi connectivity index (χ1n) is 17.0. The first-order chi connectivity index (χ1) is 19.1. The summed E-state index contributed by atoms with van der Waals surface area (Å²) in [6, 6.07) is -0.512. The fourth-order valence-electron chi connectivity index (χ4n) is 7.94. The summed E-state index contributed by atoms with van der Waals surface area (Å²) in [4.78, 5) is 22.7. The molecule has 4 rings (SSSR count). The van der Waals surface area contributed by atoms with E-state index in [4.69, 9.17) is 11.5 Å². The van der Waals surface area contributed by atoms with E-state index in [0.717, 1.165) is 44.6 Å². The number of likely N-dealkylation sites (tertiary alicyclic amines) is 4. The van der Waals surface area contributed by atoms with Crippen molar-refractivity contribution < 1.29 is 4.79 Å². The Morgan fingerprint density at radius 2 is 1.08 bits per heavy atom. The first-order valence-corrected chi connectivity index (χ1v) is 17.0. The zero-order valence-electron chi connectivity index (χ0n) is 25.3. The van der Waals surface area contributed by atoms with Gasteiger partial charge in [0.1, 0.15) is 6.04 Å². The van der Waals surface area contributed by atoms with Gasteiger partial charge >= 0.3 is 0 Å². The predicted molar refractivity (Wildman–Crippen MR) is 163 cm³/mol. The van der Waals surface area contributed by atoms with Gasteiger partial charge in [0.15, 0.2) is 0 Å². The quantitative estimate of drug-likeness (QED) is 0.303. The van der Waals surface area contributed by atoms with Gasteiger partial charge in [0.25, 0.3) is 0 Å². The predicted octanol–water partition coefficient (Wildman–Crippen LogP) is 3.90. The minimum absolute atomic E-state index is 0.190. The highest BCUT2D eigenvalue weighted by Gasteiger charge is 2.34. The smallest absolute Gasteiger partial charge is 0.236 e. The lowest BCUT2D eigenvalue weighted by Crippen LogP contribution is -2.60. The van der Waals surface area contributed by atoms with Crippen LogP contribution in [0.15, 0.2) is 0 Å². The summed E-state index contributed by atoms with van der Waals surface area (Å²) < 4.78 is 0. The monoisotopic (exact) mass is 546 g/mol. The Bertz CT molecular complexity index is 664. The largest absolute Gasteiger partial charge is 0.368 e. The van der Waals surface area contributed by atoms with E-state index in [1.54, 1.807) is 0 Å². The zero-order valence-corrected chi connectivity index (χ0v) is 25.3. The van der Waals surface area contributed by atoms with Crippen LogP contribution in [0.3, 0.4) is 0 Å². The van der Waals surface area contributed by atoms with Gasteiger partial charge in [-0.3, -0.25) is 9.69 Å². The van der Waals surface area contributed by atoms with Gasteiger partial charge in [-0.2, -0.15) is 0 Å². The highest BCUT2D eigenvalue weighted by molar-refractivity contribution is 5.80. The van der Waals surface area contributed by atoms with Gasteiger partial charge in [0.2, 0.25) is 5.91 Å². The van der Waals surface area contributed by atoms with Crippen molar-refractivity contribution in [2.24, 2.45) is 23.3 Å². The summed E-state index contributed by atoms with van der Waals surface area (Å²) in [5.74, 6) is 1.43. The van der Waals surface area contributed by atoms with Crippen molar-refractivity contribution in [3.05, 3.63) is 0 Å². The third-order valence-corrected chi connectivity index (χ3v) is 10.5. The molecule has 2 unspecified atom stereocenters. The average Bonchev–Trinajstić information content (AvgIpc) is 2.96. The second kappa shape index (κ2) is 17.3. The van der Waals surface area contributed by atoms with E-state index in [0.29, 0.717) is 0 Å². The standard InChI is InChI=1S/C32H62N6O/c33-30(27-37-23-13-28(14-24-37)11-3-9-21-35-17-5-1-6-18-35)31(32(34)39)38-25-15-29(16-26-38)12-4-10-22-36-19-7-2-8-20-36/h28-31H,1-27,33H2,(H2,34,39). The Hall–Kier alpha value is -0.730. The Balaban J connectivity index is 1.07. The van der Waals surface area contributed by atoms with E-state index in [1.807, 2.05) is 0 Å². The van der Waals surface area contributed by atoms with Gasteiger partial charge in [-0.25, -0.2) is 0 Å². The molecule has 39 heavy (non-hydrogen) atoms. The van der Waals surface area contributed by atoms with Crippen LogP contribution < -0.4 is 11.5 Å². The molecule has 4 saturated heterocycles. The molecule has 0 aromatic heterocycles. The molecule has 4 N–H and O–H groups in total. The Morgan fingerprint density at radius 1 is 0.615 bits per heavy atom. The molecule has 0 aromatic rings. The van der Waals surface area contributed by atoms with Crippen LogP contribution in [0.1, 0.15) is 103 Å². The van der Waals surface area contributed by atoms with Crippen molar-refractivity contribution in [3.8, 4) is 0 Å². The van der Waals surface area contributed by atoms with Gasteiger partial charge in [-0.1, -0.05) is 38.5 Å². The van der Waals surface area contributed by atoms with Crippen LogP contribution >= 0.6 is 0 Å². The lowest BCUT2D eigenvalue weighted by Gasteiger charge is -2.41. The van der Waals surface area contributed by atoms with E-state index in [2.05, 4.69) is 19.6 Å². The Labute approximate surface area is 240 Å². The molecule has 4 heterocycles. The molecule has 7 heteroatoms. The van der Waals surface area contributed by atoms with Crippen LogP contribution in [0.5, 0.6) is 0 Å². The molecule has 0 spiro atoms. The topological polar surface area (TPSA) is 82.1 Å². The van der Waals surface area contributed by atoms with E-state index >= 15 is 0 Å². The minimum atomic E-state index is -0.322. The van der Waals surface area contributed by atoms with E-state index < -0.39 is 0 Å². The third kappa shape index (κ3) is 10.9. The molecular weight excluding hydrogens is 484 g/mol. The zero-order chi connectivity index (χ0) is 27.3. The number of carbonyl (C=O) groups is 1. The van der Waals surface area contributed by atoms with Gasteiger partial charge < -0.3 is 26.2 Å². The molecule has 0 radical (unpaired) electrons. The molecule has 7 nitrogen and oxygen atoms in total. The van der Waals surface area contributed by atoms with E-state index in [-0.39, 0.29) is 18.0 Å². The molecule has 4 aliphatic heterocycles. The summed E-state index contributed by atoms with van der Waals surface area (Å²) in [5.41, 5.74) is 12.6. The van der Waals surface area contributed by atoms with E-state index in [9.17, 15) is 4.79 Å². The molecule has 4 aliphatic rings. The molecule has 0 aliphatic carbocycles. The summed E-state index contributed by atoms with van der Waals surface area (Å²) in [6.07, 6.45) is 21.5. The third-order valence-electron chi connectivity index (χ3n) is 10.5. The number of carbonyl (C=O) groups excluding carboxylic acids is 1. The molecule has 226 valence electrons. The summed E-state index contributed by atoms with van der Waals surface area (Å²) in [7, 11) is 0. The molecule has 1 amide bonds. The van der Waals surface area contributed by atoms with Crippen molar-refractivity contribution in [1.29, 1.82) is 0 Å². The normalized spacial score (nSPS) is 25.6. The number of nitrogens with two attached hydrogens (primary N) is 2. The highest BCUT2D eigenvalue weighted by atomic mass is 16.1.